The van der Waals surface area contributed by atoms with E-state index in [0.29, 0.717) is 6.79 Å². The van der Waals surface area contributed by atoms with E-state index in [-0.39, 0.29) is 0 Å². The number of ether oxygens (including phenoxy) is 2. The van der Waals surface area contributed by atoms with E-state index in [1.165, 1.54) is 0 Å². The lowest BCUT2D eigenvalue weighted by Gasteiger charge is -2.01. The smallest absolute Gasteiger partial charge is 0.231 e. The number of fused-ring (bicyclic) bond motifs is 1. The van der Waals surface area contributed by atoms with Gasteiger partial charge in [0.1, 0.15) is 0 Å². The predicted octanol–water partition coefficient (Wildman–Crippen LogP) is 1.33. The maximum Gasteiger partial charge on any atom is 0.231 e. The molecule has 0 radical (unpaired) electrons. The summed E-state index contributed by atoms with van der Waals surface area (Å²) in [5, 5.41) is 0. The lowest BCUT2D eigenvalue weighted by atomic mass is 10.2. The van der Waals surface area contributed by atoms with Gasteiger partial charge in [0.25, 0.3) is 0 Å². The molecule has 0 aliphatic carbocycles. The first kappa shape index (κ1) is 9.88. The van der Waals surface area contributed by atoms with Gasteiger partial charge >= 0.3 is 0 Å². The number of benzene rings is 1. The fourth-order valence-electron chi connectivity index (χ4n) is 1.27. The molecular weight excluding hydrogens is 190 g/mol. The Hall–Kier alpha value is -1.66. The first-order valence-electron chi connectivity index (χ1n) is 4.79. The minimum Gasteiger partial charge on any atom is -0.454 e. The van der Waals surface area contributed by atoms with Crippen LogP contribution in [0.5, 0.6) is 11.5 Å². The summed E-state index contributed by atoms with van der Waals surface area (Å²) in [6.45, 7) is 1.07. The predicted molar refractivity (Wildman–Crippen MR) is 58.0 cm³/mol. The second-order valence-corrected chi connectivity index (χ2v) is 3.61. The van der Waals surface area contributed by atoms with Crippen LogP contribution in [0.4, 0.5) is 0 Å². The topological polar surface area (TPSA) is 21.7 Å². The number of hydrogen-bond acceptors (Lipinski definition) is 3. The highest BCUT2D eigenvalue weighted by Gasteiger charge is 2.12. The Morgan fingerprint density at radius 1 is 1.27 bits per heavy atom. The monoisotopic (exact) mass is 203 g/mol. The van der Waals surface area contributed by atoms with Crippen LogP contribution in [0.15, 0.2) is 18.2 Å². The zero-order valence-corrected chi connectivity index (χ0v) is 8.91. The summed E-state index contributed by atoms with van der Waals surface area (Å²) in [6, 6.07) is 5.74. The molecular formula is C12H13NO2. The number of rotatable bonds is 1. The van der Waals surface area contributed by atoms with Gasteiger partial charge < -0.3 is 9.47 Å². The Morgan fingerprint density at radius 2 is 2.07 bits per heavy atom. The lowest BCUT2D eigenvalue weighted by molar-refractivity contribution is 0.174. The van der Waals surface area contributed by atoms with E-state index < -0.39 is 0 Å². The van der Waals surface area contributed by atoms with Crippen molar-refractivity contribution in [2.75, 3.05) is 27.4 Å². The Balaban J connectivity index is 2.12. The van der Waals surface area contributed by atoms with Crippen LogP contribution >= 0.6 is 0 Å². The second kappa shape index (κ2) is 4.24. The highest BCUT2D eigenvalue weighted by atomic mass is 16.7. The van der Waals surface area contributed by atoms with E-state index in [9.17, 15) is 0 Å². The summed E-state index contributed by atoms with van der Waals surface area (Å²) in [4.78, 5) is 2.03. The lowest BCUT2D eigenvalue weighted by Crippen LogP contribution is -2.10. The number of hydrogen-bond donors (Lipinski definition) is 0. The normalized spacial score (nSPS) is 12.5. The van der Waals surface area contributed by atoms with Crippen LogP contribution in [0.25, 0.3) is 0 Å². The third-order valence-electron chi connectivity index (χ3n) is 2.00. The Labute approximate surface area is 89.6 Å². The zero-order valence-electron chi connectivity index (χ0n) is 8.91. The first-order valence-corrected chi connectivity index (χ1v) is 4.79. The molecule has 0 bridgehead atoms. The fraction of sp³-hybridized carbons (Fsp3) is 0.333. The van der Waals surface area contributed by atoms with Crippen molar-refractivity contribution in [3.05, 3.63) is 23.8 Å². The molecule has 0 aromatic heterocycles. The van der Waals surface area contributed by atoms with E-state index in [4.69, 9.17) is 9.47 Å². The summed E-state index contributed by atoms with van der Waals surface area (Å²) >= 11 is 0. The second-order valence-electron chi connectivity index (χ2n) is 3.61. The van der Waals surface area contributed by atoms with Crippen LogP contribution in [-0.4, -0.2) is 32.3 Å². The SMILES string of the molecule is CN(C)CC#Cc1ccc2c(c1)OCO2. The molecule has 0 saturated carbocycles. The van der Waals surface area contributed by atoms with Crippen molar-refractivity contribution in [1.82, 2.24) is 4.90 Å². The largest absolute Gasteiger partial charge is 0.454 e. The summed E-state index contributed by atoms with van der Waals surface area (Å²) in [5.41, 5.74) is 0.959. The summed E-state index contributed by atoms with van der Waals surface area (Å²) < 4.78 is 10.5. The molecule has 0 saturated heterocycles. The van der Waals surface area contributed by atoms with Gasteiger partial charge in [-0.05, 0) is 32.3 Å². The maximum atomic E-state index is 5.27. The molecule has 15 heavy (non-hydrogen) atoms. The Kier molecular flexibility index (Phi) is 2.79. The maximum absolute atomic E-state index is 5.27. The minimum absolute atomic E-state index is 0.309. The highest BCUT2D eigenvalue weighted by Crippen LogP contribution is 2.32. The molecule has 3 heteroatoms. The van der Waals surface area contributed by atoms with Gasteiger partial charge in [-0.1, -0.05) is 11.8 Å². The van der Waals surface area contributed by atoms with Gasteiger partial charge in [0.15, 0.2) is 11.5 Å². The van der Waals surface area contributed by atoms with Crippen molar-refractivity contribution < 1.29 is 9.47 Å². The van der Waals surface area contributed by atoms with E-state index in [0.717, 1.165) is 23.6 Å². The number of nitrogens with zero attached hydrogens (tertiary/aromatic N) is 1. The summed E-state index contributed by atoms with van der Waals surface area (Å²) in [7, 11) is 3.99. The van der Waals surface area contributed by atoms with Crippen molar-refractivity contribution in [3.8, 4) is 23.3 Å². The van der Waals surface area contributed by atoms with Gasteiger partial charge in [0.05, 0.1) is 6.54 Å². The zero-order chi connectivity index (χ0) is 10.7. The molecule has 78 valence electrons. The van der Waals surface area contributed by atoms with E-state index in [1.807, 2.05) is 37.2 Å². The molecule has 3 nitrogen and oxygen atoms in total. The summed E-state index contributed by atoms with van der Waals surface area (Å²) in [5.74, 6) is 7.73. The van der Waals surface area contributed by atoms with Gasteiger partial charge in [-0.3, -0.25) is 4.90 Å². The van der Waals surface area contributed by atoms with Crippen molar-refractivity contribution in [2.45, 2.75) is 0 Å². The third-order valence-corrected chi connectivity index (χ3v) is 2.00. The van der Waals surface area contributed by atoms with Gasteiger partial charge in [-0.25, -0.2) is 0 Å². The first-order chi connectivity index (χ1) is 7.25. The van der Waals surface area contributed by atoms with E-state index in [1.54, 1.807) is 0 Å². The molecule has 1 aromatic rings. The fourth-order valence-corrected chi connectivity index (χ4v) is 1.27. The Bertz CT molecular complexity index is 415. The molecule has 0 amide bonds. The van der Waals surface area contributed by atoms with Crippen LogP contribution in [0.2, 0.25) is 0 Å². The van der Waals surface area contributed by atoms with Crippen molar-refractivity contribution in [3.63, 3.8) is 0 Å². The molecule has 1 heterocycles. The van der Waals surface area contributed by atoms with Crippen molar-refractivity contribution in [2.24, 2.45) is 0 Å². The van der Waals surface area contributed by atoms with Crippen LogP contribution < -0.4 is 9.47 Å². The molecule has 0 unspecified atom stereocenters. The molecule has 0 N–H and O–H groups in total. The van der Waals surface area contributed by atoms with Crippen molar-refractivity contribution in [1.29, 1.82) is 0 Å². The minimum atomic E-state index is 0.309. The average Bonchev–Trinajstić information content (AvgIpc) is 2.64. The van der Waals surface area contributed by atoms with Crippen LogP contribution in [0, 0.1) is 11.8 Å². The standard InChI is InChI=1S/C12H13NO2/c1-13(2)7-3-4-10-5-6-11-12(8-10)15-9-14-11/h5-6,8H,7,9H2,1-2H3. The quantitative estimate of drug-likeness (QED) is 0.643. The highest BCUT2D eigenvalue weighted by molar-refractivity contribution is 5.49. The van der Waals surface area contributed by atoms with Crippen LogP contribution in [0.3, 0.4) is 0 Å². The van der Waals surface area contributed by atoms with Gasteiger partial charge in [0, 0.05) is 5.56 Å². The molecule has 2 rings (SSSR count). The van der Waals surface area contributed by atoms with Gasteiger partial charge in [0.2, 0.25) is 6.79 Å². The van der Waals surface area contributed by atoms with Gasteiger partial charge in [-0.15, -0.1) is 0 Å². The molecule has 0 spiro atoms. The molecule has 1 aliphatic rings. The molecule has 0 fully saturated rings. The summed E-state index contributed by atoms with van der Waals surface area (Å²) in [6.07, 6.45) is 0. The molecule has 1 aromatic carbocycles. The van der Waals surface area contributed by atoms with Crippen molar-refractivity contribution >= 4 is 0 Å². The van der Waals surface area contributed by atoms with Crippen LogP contribution in [-0.2, 0) is 0 Å². The van der Waals surface area contributed by atoms with E-state index >= 15 is 0 Å². The third kappa shape index (κ3) is 2.42. The molecule has 1 aliphatic heterocycles. The van der Waals surface area contributed by atoms with Gasteiger partial charge in [-0.2, -0.15) is 0 Å². The average molecular weight is 203 g/mol. The Morgan fingerprint density at radius 3 is 2.87 bits per heavy atom. The van der Waals surface area contributed by atoms with Crippen LogP contribution in [0.1, 0.15) is 5.56 Å². The molecule has 0 atom stereocenters. The van der Waals surface area contributed by atoms with E-state index in [2.05, 4.69) is 11.8 Å².